The first-order chi connectivity index (χ1) is 4.84. The van der Waals surface area contributed by atoms with Gasteiger partial charge in [-0.3, -0.25) is 4.90 Å². The normalized spacial score (nSPS) is 24.6. The van der Waals surface area contributed by atoms with Gasteiger partial charge in [0.1, 0.15) is 0 Å². The lowest BCUT2D eigenvalue weighted by atomic mass is 10.2. The summed E-state index contributed by atoms with van der Waals surface area (Å²) in [6.07, 6.45) is 1.19. The molecule has 0 amide bonds. The van der Waals surface area contributed by atoms with E-state index in [1.165, 1.54) is 31.0 Å². The number of hydrogen-bond acceptors (Lipinski definition) is 2. The number of rotatable bonds is 2. The highest BCUT2D eigenvalue weighted by molar-refractivity contribution is 7.99. The molecule has 0 bridgehead atoms. The molecule has 1 atom stereocenters. The van der Waals surface area contributed by atoms with Crippen molar-refractivity contribution in [2.45, 2.75) is 19.4 Å². The number of thioether (sulfide) groups is 1. The Labute approximate surface area is 68.2 Å². The highest BCUT2D eigenvalue weighted by Crippen LogP contribution is 2.12. The largest absolute Gasteiger partial charge is 0.299 e. The molecule has 0 aliphatic carbocycles. The molecule has 1 unspecified atom stereocenters. The van der Waals surface area contributed by atoms with Crippen LogP contribution in [0.4, 0.5) is 0 Å². The molecular weight excluding hydrogens is 142 g/mol. The Morgan fingerprint density at radius 3 is 2.60 bits per heavy atom. The van der Waals surface area contributed by atoms with E-state index in [1.807, 2.05) is 0 Å². The summed E-state index contributed by atoms with van der Waals surface area (Å²) >= 11 is 2.06. The van der Waals surface area contributed by atoms with Crippen LogP contribution < -0.4 is 0 Å². The van der Waals surface area contributed by atoms with Gasteiger partial charge < -0.3 is 0 Å². The Balaban J connectivity index is 2.24. The highest BCUT2D eigenvalue weighted by Gasteiger charge is 2.14. The molecule has 10 heavy (non-hydrogen) atoms. The van der Waals surface area contributed by atoms with Crippen LogP contribution in [0.1, 0.15) is 13.3 Å². The first kappa shape index (κ1) is 8.41. The van der Waals surface area contributed by atoms with Crippen molar-refractivity contribution in [3.63, 3.8) is 0 Å². The van der Waals surface area contributed by atoms with Gasteiger partial charge >= 0.3 is 0 Å². The van der Waals surface area contributed by atoms with Gasteiger partial charge in [-0.05, 0) is 13.3 Å². The summed E-state index contributed by atoms with van der Waals surface area (Å²) in [6, 6.07) is 0.556. The molecule has 1 radical (unpaired) electrons. The number of hydrogen-bond donors (Lipinski definition) is 0. The Bertz CT molecular complexity index is 89.3. The number of nitrogens with zero attached hydrogens (tertiary/aromatic N) is 1. The molecule has 1 rings (SSSR count). The van der Waals surface area contributed by atoms with Gasteiger partial charge in [-0.25, -0.2) is 0 Å². The predicted molar refractivity (Wildman–Crippen MR) is 48.3 cm³/mol. The molecule has 1 saturated heterocycles. The van der Waals surface area contributed by atoms with Gasteiger partial charge in [0.05, 0.1) is 0 Å². The molecule has 59 valence electrons. The van der Waals surface area contributed by atoms with Crippen LogP contribution in [0.5, 0.6) is 0 Å². The average molecular weight is 158 g/mol. The lowest BCUT2D eigenvalue weighted by Crippen LogP contribution is -2.39. The monoisotopic (exact) mass is 158 g/mol. The molecule has 1 aliphatic heterocycles. The zero-order valence-corrected chi connectivity index (χ0v) is 7.49. The van der Waals surface area contributed by atoms with Crippen LogP contribution in [0.25, 0.3) is 0 Å². The molecule has 2 heteroatoms. The van der Waals surface area contributed by atoms with Crippen molar-refractivity contribution in [3.8, 4) is 0 Å². The molecular formula is C8H16NS. The van der Waals surface area contributed by atoms with E-state index in [2.05, 4.69) is 30.5 Å². The van der Waals surface area contributed by atoms with Crippen LogP contribution in [0.15, 0.2) is 0 Å². The maximum atomic E-state index is 4.10. The molecule has 1 heterocycles. The minimum absolute atomic E-state index is 0.556. The minimum Gasteiger partial charge on any atom is -0.299 e. The Morgan fingerprint density at radius 2 is 2.10 bits per heavy atom. The van der Waals surface area contributed by atoms with Gasteiger partial charge in [0.15, 0.2) is 0 Å². The van der Waals surface area contributed by atoms with Crippen molar-refractivity contribution in [1.82, 2.24) is 4.90 Å². The van der Waals surface area contributed by atoms with Gasteiger partial charge in [-0.15, -0.1) is 0 Å². The second-order valence-corrected chi connectivity index (χ2v) is 3.94. The summed E-state index contributed by atoms with van der Waals surface area (Å²) in [5.41, 5.74) is 0. The van der Waals surface area contributed by atoms with Crippen LogP contribution in [0, 0.1) is 6.92 Å². The van der Waals surface area contributed by atoms with E-state index in [9.17, 15) is 0 Å². The van der Waals surface area contributed by atoms with Crippen molar-refractivity contribution in [2.75, 3.05) is 24.6 Å². The maximum Gasteiger partial charge on any atom is 0.00938 e. The van der Waals surface area contributed by atoms with E-state index >= 15 is 0 Å². The van der Waals surface area contributed by atoms with Gasteiger partial charge in [-0.1, -0.05) is 6.92 Å². The molecule has 0 N–H and O–H groups in total. The van der Waals surface area contributed by atoms with Crippen molar-refractivity contribution in [3.05, 3.63) is 6.92 Å². The maximum absolute atomic E-state index is 4.10. The molecule has 0 saturated carbocycles. The highest BCUT2D eigenvalue weighted by atomic mass is 32.2. The third-order valence-corrected chi connectivity index (χ3v) is 2.98. The topological polar surface area (TPSA) is 3.24 Å². The van der Waals surface area contributed by atoms with Gasteiger partial charge in [0.2, 0.25) is 0 Å². The molecule has 1 aliphatic rings. The SMILES string of the molecule is [CH2]C(CC)N1CCSCC1. The fourth-order valence-corrected chi connectivity index (χ4v) is 2.13. The quantitative estimate of drug-likeness (QED) is 0.601. The standard InChI is InChI=1S/C8H16NS/c1-3-8(2)9-4-6-10-7-5-9/h8H,2-7H2,1H3. The van der Waals surface area contributed by atoms with Gasteiger partial charge in [-0.2, -0.15) is 11.8 Å². The zero-order chi connectivity index (χ0) is 7.40. The van der Waals surface area contributed by atoms with Gasteiger partial charge in [0.25, 0.3) is 0 Å². The van der Waals surface area contributed by atoms with E-state index in [-0.39, 0.29) is 0 Å². The summed E-state index contributed by atoms with van der Waals surface area (Å²) in [5, 5.41) is 0. The molecule has 1 fully saturated rings. The fraction of sp³-hybridized carbons (Fsp3) is 0.875. The van der Waals surface area contributed by atoms with Crippen molar-refractivity contribution < 1.29 is 0 Å². The molecule has 1 nitrogen and oxygen atoms in total. The Morgan fingerprint density at radius 1 is 1.50 bits per heavy atom. The van der Waals surface area contributed by atoms with E-state index in [4.69, 9.17) is 0 Å². The lowest BCUT2D eigenvalue weighted by molar-refractivity contribution is 0.246. The zero-order valence-electron chi connectivity index (χ0n) is 6.68. The van der Waals surface area contributed by atoms with Crippen molar-refractivity contribution in [2.24, 2.45) is 0 Å². The van der Waals surface area contributed by atoms with Crippen molar-refractivity contribution >= 4 is 11.8 Å². The van der Waals surface area contributed by atoms with E-state index in [1.54, 1.807) is 0 Å². The first-order valence-electron chi connectivity index (χ1n) is 3.99. The van der Waals surface area contributed by atoms with Crippen LogP contribution in [0.2, 0.25) is 0 Å². The van der Waals surface area contributed by atoms with E-state index in [0.717, 1.165) is 0 Å². The Hall–Kier alpha value is 0.310. The second-order valence-electron chi connectivity index (χ2n) is 2.71. The minimum atomic E-state index is 0.556. The Kier molecular flexibility index (Phi) is 3.57. The molecule has 0 aromatic carbocycles. The predicted octanol–water partition coefficient (Wildman–Crippen LogP) is 1.65. The molecule has 0 spiro atoms. The molecule has 0 aromatic rings. The summed E-state index contributed by atoms with van der Waals surface area (Å²) in [4.78, 5) is 2.48. The second kappa shape index (κ2) is 4.24. The summed E-state index contributed by atoms with van der Waals surface area (Å²) in [6.45, 7) is 8.79. The van der Waals surface area contributed by atoms with Crippen molar-refractivity contribution in [1.29, 1.82) is 0 Å². The van der Waals surface area contributed by atoms with E-state index < -0.39 is 0 Å². The lowest BCUT2D eigenvalue weighted by Gasteiger charge is -2.31. The van der Waals surface area contributed by atoms with Crippen LogP contribution in [0.3, 0.4) is 0 Å². The summed E-state index contributed by atoms with van der Waals surface area (Å²) in [7, 11) is 0. The summed E-state index contributed by atoms with van der Waals surface area (Å²) in [5.74, 6) is 2.60. The summed E-state index contributed by atoms with van der Waals surface area (Å²) < 4.78 is 0. The third-order valence-electron chi connectivity index (χ3n) is 2.03. The van der Waals surface area contributed by atoms with Crippen LogP contribution in [-0.2, 0) is 0 Å². The smallest absolute Gasteiger partial charge is 0.00938 e. The first-order valence-corrected chi connectivity index (χ1v) is 5.15. The van der Waals surface area contributed by atoms with Crippen LogP contribution >= 0.6 is 11.8 Å². The van der Waals surface area contributed by atoms with Crippen LogP contribution in [-0.4, -0.2) is 35.5 Å². The van der Waals surface area contributed by atoms with E-state index in [0.29, 0.717) is 6.04 Å². The molecule has 0 aromatic heterocycles. The van der Waals surface area contributed by atoms with Gasteiger partial charge in [0, 0.05) is 30.6 Å². The third kappa shape index (κ3) is 2.17. The average Bonchev–Trinajstić information content (AvgIpc) is 2.05. The fourth-order valence-electron chi connectivity index (χ4n) is 1.20.